The van der Waals surface area contributed by atoms with Crippen LogP contribution in [0.4, 0.5) is 0 Å². The van der Waals surface area contributed by atoms with E-state index in [-0.39, 0.29) is 17.9 Å². The maximum atomic E-state index is 11.9. The van der Waals surface area contributed by atoms with Gasteiger partial charge >= 0.3 is 7.60 Å². The van der Waals surface area contributed by atoms with E-state index in [4.69, 9.17) is 18.5 Å². The highest BCUT2D eigenvalue weighted by Gasteiger charge is 2.24. The Bertz CT molecular complexity index is 615. The van der Waals surface area contributed by atoms with Gasteiger partial charge in [-0.2, -0.15) is 0 Å². The minimum atomic E-state index is -3.34. The Balaban J connectivity index is 2.34. The summed E-state index contributed by atoms with van der Waals surface area (Å²) in [5.41, 5.74) is 1.26. The van der Waals surface area contributed by atoms with Crippen LogP contribution in [0.5, 0.6) is 0 Å². The van der Waals surface area contributed by atoms with Crippen LogP contribution < -0.4 is 0 Å². The van der Waals surface area contributed by atoms with Crippen molar-refractivity contribution in [2.24, 2.45) is 5.41 Å². The van der Waals surface area contributed by atoms with Gasteiger partial charge in [-0.15, -0.1) is 0 Å². The fraction of sp³-hybridized carbons (Fsp3) is 0.762. The van der Waals surface area contributed by atoms with Crippen LogP contribution in [-0.4, -0.2) is 45.7 Å². The Morgan fingerprint density at radius 1 is 1.29 bits per heavy atom. The van der Waals surface area contributed by atoms with Crippen molar-refractivity contribution in [3.63, 3.8) is 0 Å². The minimum Gasteiger partial charge on any atom is -0.353 e. The maximum absolute atomic E-state index is 11.9. The molecule has 160 valence electrons. The second-order valence-corrected chi connectivity index (χ2v) is 10.2. The quantitative estimate of drug-likeness (QED) is 0.211. The van der Waals surface area contributed by atoms with E-state index < -0.39 is 13.4 Å². The van der Waals surface area contributed by atoms with Gasteiger partial charge in [-0.05, 0) is 50.4 Å². The van der Waals surface area contributed by atoms with Gasteiger partial charge in [0.15, 0.2) is 6.29 Å². The average molecular weight is 414 g/mol. The van der Waals surface area contributed by atoms with E-state index in [2.05, 4.69) is 38.7 Å². The van der Waals surface area contributed by atoms with Crippen molar-refractivity contribution in [2.75, 3.05) is 33.6 Å². The Morgan fingerprint density at radius 2 is 2.00 bits per heavy atom. The van der Waals surface area contributed by atoms with Crippen LogP contribution in [0.1, 0.15) is 59.3 Å². The molecule has 0 aromatic heterocycles. The highest BCUT2D eigenvalue weighted by atomic mass is 31.2. The number of carbonyl (C=O) groups excluding carboxylic acids is 1. The predicted octanol–water partition coefficient (Wildman–Crippen LogP) is 4.73. The van der Waals surface area contributed by atoms with E-state index in [1.165, 1.54) is 26.2 Å². The molecule has 0 aromatic carbocycles. The number of allylic oxidation sites excluding steroid dienone is 2. The SMILES string of the molecule is COP(=O)(CC(=O)C#CCC/C(C)=C\CC(C)(C)COC1CCCCO1)OC. The molecule has 1 heterocycles. The molecule has 1 atom stereocenters. The van der Waals surface area contributed by atoms with Crippen molar-refractivity contribution in [3.8, 4) is 11.8 Å². The molecule has 0 bridgehead atoms. The summed E-state index contributed by atoms with van der Waals surface area (Å²) < 4.78 is 32.9. The molecule has 6 nitrogen and oxygen atoms in total. The molecule has 0 aliphatic carbocycles. The lowest BCUT2D eigenvalue weighted by atomic mass is 9.89. The first kappa shape index (κ1) is 25.1. The zero-order chi connectivity index (χ0) is 21.0. The summed E-state index contributed by atoms with van der Waals surface area (Å²) in [5.74, 6) is 4.91. The van der Waals surface area contributed by atoms with Gasteiger partial charge in [0, 0.05) is 27.2 Å². The lowest BCUT2D eigenvalue weighted by Gasteiger charge is -2.29. The van der Waals surface area contributed by atoms with Gasteiger partial charge in [0.05, 0.1) is 6.61 Å². The summed E-state index contributed by atoms with van der Waals surface area (Å²) in [6, 6.07) is 0. The monoisotopic (exact) mass is 414 g/mol. The second kappa shape index (κ2) is 12.6. The number of Topliss-reactive ketones (excluding diaryl/α,β-unsaturated/α-hetero) is 1. The number of ether oxygens (including phenoxy) is 2. The van der Waals surface area contributed by atoms with Crippen LogP contribution in [0.2, 0.25) is 0 Å². The normalized spacial score (nSPS) is 18.5. The molecule has 1 aliphatic heterocycles. The summed E-state index contributed by atoms with van der Waals surface area (Å²) >= 11 is 0. The lowest BCUT2D eigenvalue weighted by molar-refractivity contribution is -0.175. The van der Waals surface area contributed by atoms with E-state index in [1.807, 2.05) is 0 Å². The summed E-state index contributed by atoms with van der Waals surface area (Å²) in [6.07, 6.45) is 7.37. The first-order valence-electron chi connectivity index (χ1n) is 9.81. The third kappa shape index (κ3) is 10.5. The van der Waals surface area contributed by atoms with Crippen LogP contribution in [0.15, 0.2) is 11.6 Å². The van der Waals surface area contributed by atoms with Gasteiger partial charge in [0.25, 0.3) is 0 Å². The molecule has 1 saturated heterocycles. The fourth-order valence-electron chi connectivity index (χ4n) is 2.61. The largest absolute Gasteiger partial charge is 0.353 e. The Kier molecular flexibility index (Phi) is 11.3. The van der Waals surface area contributed by atoms with Crippen molar-refractivity contribution >= 4 is 13.4 Å². The summed E-state index contributed by atoms with van der Waals surface area (Å²) in [5, 5.41) is 0. The molecule has 0 radical (unpaired) electrons. The van der Waals surface area contributed by atoms with Gasteiger partial charge in [-0.3, -0.25) is 9.36 Å². The highest BCUT2D eigenvalue weighted by molar-refractivity contribution is 7.54. The molecule has 28 heavy (non-hydrogen) atoms. The third-order valence-corrected chi connectivity index (χ3v) is 6.35. The van der Waals surface area contributed by atoms with E-state index in [0.717, 1.165) is 32.3 Å². The molecule has 1 rings (SSSR count). The zero-order valence-electron chi connectivity index (χ0n) is 17.9. The Labute approximate surface area is 169 Å². The van der Waals surface area contributed by atoms with Gasteiger partial charge in [-0.1, -0.05) is 31.4 Å². The summed E-state index contributed by atoms with van der Waals surface area (Å²) in [4.78, 5) is 11.7. The minimum absolute atomic E-state index is 0.0329. The Hall–Kier alpha value is -0.960. The molecule has 1 fully saturated rings. The molecule has 0 N–H and O–H groups in total. The average Bonchev–Trinajstić information content (AvgIpc) is 2.69. The van der Waals surface area contributed by atoms with Crippen molar-refractivity contribution < 1.29 is 27.9 Å². The van der Waals surface area contributed by atoms with Gasteiger partial charge in [0.1, 0.15) is 6.16 Å². The van der Waals surface area contributed by atoms with Crippen molar-refractivity contribution in [1.29, 1.82) is 0 Å². The molecular formula is C21H35O6P. The highest BCUT2D eigenvalue weighted by Crippen LogP contribution is 2.45. The molecule has 0 amide bonds. The number of ketones is 1. The first-order chi connectivity index (χ1) is 13.2. The van der Waals surface area contributed by atoms with E-state index >= 15 is 0 Å². The van der Waals surface area contributed by atoms with Crippen LogP contribution in [-0.2, 0) is 27.9 Å². The molecule has 0 saturated carbocycles. The number of rotatable bonds is 11. The zero-order valence-corrected chi connectivity index (χ0v) is 18.8. The molecule has 0 spiro atoms. The molecule has 7 heteroatoms. The molecular weight excluding hydrogens is 379 g/mol. The maximum Gasteiger partial charge on any atom is 0.338 e. The predicted molar refractivity (Wildman–Crippen MR) is 110 cm³/mol. The van der Waals surface area contributed by atoms with Gasteiger partial charge in [-0.25, -0.2) is 0 Å². The number of hydrogen-bond donors (Lipinski definition) is 0. The van der Waals surface area contributed by atoms with Crippen molar-refractivity contribution in [1.82, 2.24) is 0 Å². The summed E-state index contributed by atoms with van der Waals surface area (Å²) in [7, 11) is -0.820. The topological polar surface area (TPSA) is 71.1 Å². The van der Waals surface area contributed by atoms with Gasteiger partial charge in [0.2, 0.25) is 5.78 Å². The Morgan fingerprint density at radius 3 is 2.61 bits per heavy atom. The van der Waals surface area contributed by atoms with Crippen LogP contribution >= 0.6 is 7.60 Å². The van der Waals surface area contributed by atoms with Crippen molar-refractivity contribution in [2.45, 2.75) is 65.6 Å². The molecule has 0 aromatic rings. The smallest absolute Gasteiger partial charge is 0.338 e. The van der Waals surface area contributed by atoms with Gasteiger partial charge < -0.3 is 18.5 Å². The van der Waals surface area contributed by atoms with E-state index in [1.54, 1.807) is 0 Å². The second-order valence-electron chi connectivity index (χ2n) is 7.89. The van der Waals surface area contributed by atoms with Crippen LogP contribution in [0.25, 0.3) is 0 Å². The first-order valence-corrected chi connectivity index (χ1v) is 11.5. The fourth-order valence-corrected chi connectivity index (χ4v) is 3.45. The van der Waals surface area contributed by atoms with E-state index in [0.29, 0.717) is 13.0 Å². The number of carbonyl (C=O) groups is 1. The summed E-state index contributed by atoms with van der Waals surface area (Å²) in [6.45, 7) is 7.88. The lowest BCUT2D eigenvalue weighted by Crippen LogP contribution is -2.28. The number of hydrogen-bond acceptors (Lipinski definition) is 6. The van der Waals surface area contributed by atoms with E-state index in [9.17, 15) is 9.36 Å². The van der Waals surface area contributed by atoms with Crippen LogP contribution in [0.3, 0.4) is 0 Å². The van der Waals surface area contributed by atoms with Crippen LogP contribution in [0, 0.1) is 17.3 Å². The molecule has 1 aliphatic rings. The van der Waals surface area contributed by atoms with Crippen molar-refractivity contribution in [3.05, 3.63) is 11.6 Å². The molecule has 1 unspecified atom stereocenters. The third-order valence-electron chi connectivity index (χ3n) is 4.57. The standard InChI is InChI=1S/C21H35O6P/c1-18(10-6-7-11-19(22)16-28(23,24-4)25-5)13-14-21(2,3)17-27-20-12-8-9-15-26-20/h13,20H,6,8-10,12,14-17H2,1-5H3/b18-13-.